The summed E-state index contributed by atoms with van der Waals surface area (Å²) in [6, 6.07) is 0. The van der Waals surface area contributed by atoms with E-state index in [2.05, 4.69) is 0 Å². The Bertz CT molecular complexity index is 191. The summed E-state index contributed by atoms with van der Waals surface area (Å²) in [6.07, 6.45) is -0.197. The summed E-state index contributed by atoms with van der Waals surface area (Å²) < 4.78 is 10.00. The maximum absolute atomic E-state index is 10.4. The normalized spacial score (nSPS) is 11.1. The van der Waals surface area contributed by atoms with Gasteiger partial charge in [-0.05, 0) is 6.42 Å². The molecule has 6 heteroatoms. The number of carbonyl (C=O) groups is 2. The Morgan fingerprint density at radius 3 is 2.15 bits per heavy atom. The van der Waals surface area contributed by atoms with Crippen LogP contribution in [0.3, 0.4) is 0 Å². The molecule has 0 aromatic heterocycles. The fraction of sp³-hybridized carbons (Fsp3) is 0.571. The van der Waals surface area contributed by atoms with Crippen molar-refractivity contribution in [2.24, 2.45) is 5.92 Å². The highest BCUT2D eigenvalue weighted by Gasteiger charge is 2.24. The van der Waals surface area contributed by atoms with Gasteiger partial charge in [0, 0.05) is 10.6 Å². The molecule has 0 aromatic carbocycles. The number of hydrogen-bond acceptors (Lipinski definition) is 3. The fourth-order valence-corrected chi connectivity index (χ4v) is 1.13. The Morgan fingerprint density at radius 1 is 1.31 bits per heavy atom. The first-order valence-corrected chi connectivity index (χ1v) is 4.18. The van der Waals surface area contributed by atoms with Gasteiger partial charge < -0.3 is 10.2 Å². The van der Waals surface area contributed by atoms with E-state index in [1.165, 1.54) is 0 Å². The van der Waals surface area contributed by atoms with Crippen molar-refractivity contribution in [1.29, 1.82) is 0 Å². The largest absolute Gasteiger partial charge is 0.481 e. The molecule has 0 spiro atoms. The summed E-state index contributed by atoms with van der Waals surface area (Å²) in [5, 5.41) is 16.7. The van der Waals surface area contributed by atoms with Gasteiger partial charge >= 0.3 is 23.6 Å². The Kier molecular flexibility index (Phi) is 8.47. The third-order valence-electron chi connectivity index (χ3n) is 1.33. The van der Waals surface area contributed by atoms with E-state index in [4.69, 9.17) is 10.2 Å². The van der Waals surface area contributed by atoms with Crippen molar-refractivity contribution in [3.05, 3.63) is 7.43 Å². The topological polar surface area (TPSA) is 91.7 Å². The van der Waals surface area contributed by atoms with E-state index in [-0.39, 0.29) is 37.7 Å². The second-order valence-corrected chi connectivity index (χ2v) is 2.82. The predicted octanol–water partition coefficient (Wildman–Crippen LogP) is 0.430. The lowest BCUT2D eigenvalue weighted by molar-refractivity contribution is -0.142. The second-order valence-electron chi connectivity index (χ2n) is 2.25. The van der Waals surface area contributed by atoms with Gasteiger partial charge in [0.25, 0.3) is 0 Å². The first-order chi connectivity index (χ1) is 5.57. The highest BCUT2D eigenvalue weighted by molar-refractivity contribution is 7.65. The van der Waals surface area contributed by atoms with Gasteiger partial charge in [0.05, 0.1) is 0 Å². The predicted molar refractivity (Wildman–Crippen MR) is 47.3 cm³/mol. The van der Waals surface area contributed by atoms with E-state index < -0.39 is 17.9 Å². The molecule has 2 N–H and O–H groups in total. The number of carboxylic acid groups (broad SMARTS) is 2. The average Bonchev–Trinajstić information content (AvgIpc) is 1.96. The Balaban J connectivity index is 0. The molecule has 5 nitrogen and oxygen atoms in total. The van der Waals surface area contributed by atoms with Gasteiger partial charge in [-0.3, -0.25) is 9.59 Å². The van der Waals surface area contributed by atoms with Crippen LogP contribution in [-0.4, -0.2) is 27.9 Å². The molecule has 0 amide bonds. The lowest BCUT2D eigenvalue weighted by atomic mass is 10.1. The number of rotatable bonds is 6. The van der Waals surface area contributed by atoms with Crippen molar-refractivity contribution in [2.45, 2.75) is 12.8 Å². The molecule has 0 heterocycles. The summed E-state index contributed by atoms with van der Waals surface area (Å²) in [4.78, 5) is 20.4. The van der Waals surface area contributed by atoms with Gasteiger partial charge in [0.2, 0.25) is 5.75 Å². The zero-order valence-electron chi connectivity index (χ0n) is 7.23. The molecule has 0 aliphatic heterocycles. The standard InChI is InChI=1S/C6H8O5S.CH3/c7-5(8)2-1-4(3-12-11)6(9)10;/h4H,1-3H2,(H-,7,8,9,10);1H3/p+1. The molecule has 0 aliphatic rings. The van der Waals surface area contributed by atoms with Crippen LogP contribution in [0.1, 0.15) is 12.8 Å². The third kappa shape index (κ3) is 7.32. The van der Waals surface area contributed by atoms with Gasteiger partial charge in [-0.1, -0.05) is 7.43 Å². The molecule has 0 aliphatic carbocycles. The summed E-state index contributed by atoms with van der Waals surface area (Å²) in [6.45, 7) is 0. The van der Waals surface area contributed by atoms with Crippen LogP contribution in [0.2, 0.25) is 0 Å². The Labute approximate surface area is 80.3 Å². The lowest BCUT2D eigenvalue weighted by Gasteiger charge is -2.00. The van der Waals surface area contributed by atoms with Gasteiger partial charge in [0.1, 0.15) is 5.92 Å². The second kappa shape index (κ2) is 7.60. The SMILES string of the molecule is O=[S+]CC(CCC(=O)O)C(=O)O.[CH3]. The van der Waals surface area contributed by atoms with Crippen LogP contribution in [0, 0.1) is 13.3 Å². The summed E-state index contributed by atoms with van der Waals surface area (Å²) in [5.74, 6) is -3.08. The van der Waals surface area contributed by atoms with Crippen molar-refractivity contribution in [3.8, 4) is 0 Å². The van der Waals surface area contributed by atoms with Crippen LogP contribution in [0.4, 0.5) is 0 Å². The number of carboxylic acids is 2. The van der Waals surface area contributed by atoms with Crippen molar-refractivity contribution in [3.63, 3.8) is 0 Å². The van der Waals surface area contributed by atoms with E-state index in [9.17, 15) is 13.8 Å². The fourth-order valence-electron chi connectivity index (χ4n) is 0.658. The van der Waals surface area contributed by atoms with Crippen LogP contribution in [0.25, 0.3) is 0 Å². The quantitative estimate of drug-likeness (QED) is 0.617. The minimum absolute atomic E-state index is 0. The highest BCUT2D eigenvalue weighted by atomic mass is 32.1. The van der Waals surface area contributed by atoms with E-state index in [1.54, 1.807) is 0 Å². The third-order valence-corrected chi connectivity index (χ3v) is 1.86. The summed E-state index contributed by atoms with van der Waals surface area (Å²) >= 11 is 0.166. The van der Waals surface area contributed by atoms with Crippen LogP contribution >= 0.6 is 0 Å². The smallest absolute Gasteiger partial charge is 0.459 e. The van der Waals surface area contributed by atoms with E-state index in [0.29, 0.717) is 0 Å². The van der Waals surface area contributed by atoms with Gasteiger partial charge in [-0.25, -0.2) is 0 Å². The summed E-state index contributed by atoms with van der Waals surface area (Å²) in [7, 11) is 0. The molecular weight excluding hydrogens is 196 g/mol. The lowest BCUT2D eigenvalue weighted by Crippen LogP contribution is -2.18. The maximum atomic E-state index is 10.4. The Morgan fingerprint density at radius 2 is 1.85 bits per heavy atom. The van der Waals surface area contributed by atoms with Gasteiger partial charge in [-0.2, -0.15) is 0 Å². The maximum Gasteiger partial charge on any atom is 0.459 e. The zero-order chi connectivity index (χ0) is 9.56. The van der Waals surface area contributed by atoms with Crippen molar-refractivity contribution in [1.82, 2.24) is 0 Å². The molecule has 0 aromatic rings. The summed E-state index contributed by atoms with van der Waals surface area (Å²) in [5.41, 5.74) is 0. The van der Waals surface area contributed by atoms with Crippen LogP contribution in [-0.2, 0) is 25.5 Å². The molecular formula is C7H12O5S+. The van der Waals surface area contributed by atoms with E-state index in [0.717, 1.165) is 0 Å². The molecule has 0 saturated heterocycles. The van der Waals surface area contributed by atoms with Crippen LogP contribution in [0.15, 0.2) is 0 Å². The molecule has 13 heavy (non-hydrogen) atoms. The van der Waals surface area contributed by atoms with E-state index in [1.807, 2.05) is 0 Å². The minimum atomic E-state index is -1.11. The molecule has 0 fully saturated rings. The van der Waals surface area contributed by atoms with Crippen LogP contribution < -0.4 is 0 Å². The molecule has 1 radical (unpaired) electrons. The number of hydrogen-bond donors (Lipinski definition) is 2. The first kappa shape index (κ1) is 14.5. The highest BCUT2D eigenvalue weighted by Crippen LogP contribution is 2.06. The zero-order valence-corrected chi connectivity index (χ0v) is 8.04. The Hall–Kier alpha value is -1.04. The van der Waals surface area contributed by atoms with E-state index >= 15 is 0 Å². The molecule has 0 saturated carbocycles. The van der Waals surface area contributed by atoms with Gasteiger partial charge in [-0.15, -0.1) is 0 Å². The average molecular weight is 208 g/mol. The van der Waals surface area contributed by atoms with Crippen molar-refractivity contribution >= 4 is 23.6 Å². The monoisotopic (exact) mass is 208 g/mol. The van der Waals surface area contributed by atoms with Crippen LogP contribution in [0.5, 0.6) is 0 Å². The first-order valence-electron chi connectivity index (χ1n) is 3.27. The van der Waals surface area contributed by atoms with Crippen molar-refractivity contribution in [2.75, 3.05) is 5.75 Å². The van der Waals surface area contributed by atoms with Crippen molar-refractivity contribution < 1.29 is 24.0 Å². The minimum Gasteiger partial charge on any atom is -0.481 e. The van der Waals surface area contributed by atoms with Gasteiger partial charge in [0.15, 0.2) is 0 Å². The molecule has 75 valence electrons. The number of aliphatic carboxylic acids is 2. The molecule has 1 atom stereocenters. The molecule has 0 bridgehead atoms. The molecule has 0 rings (SSSR count). The molecule has 1 unspecified atom stereocenters.